The lowest BCUT2D eigenvalue weighted by atomic mass is 9.96. The van der Waals surface area contributed by atoms with E-state index in [1.165, 1.54) is 6.07 Å². The second kappa shape index (κ2) is 8.53. The Labute approximate surface area is 167 Å². The molecule has 1 atom stereocenters. The van der Waals surface area contributed by atoms with E-state index in [4.69, 9.17) is 0 Å². The number of nitrogens with zero attached hydrogens (tertiary/aromatic N) is 2. The molecule has 1 saturated heterocycles. The van der Waals surface area contributed by atoms with E-state index in [9.17, 15) is 13.6 Å². The first-order valence-electron chi connectivity index (χ1n) is 9.65. The number of aromatic nitrogens is 2. The number of hydrogen-bond acceptors (Lipinski definition) is 3. The number of H-pyrrole nitrogens is 1. The van der Waals surface area contributed by atoms with Crippen LogP contribution in [0.15, 0.2) is 54.9 Å². The second-order valence-electron chi connectivity index (χ2n) is 7.33. The molecule has 7 heteroatoms. The average molecular weight is 396 g/mol. The number of carbonyl (C=O) groups is 1. The minimum Gasteiger partial charge on any atom is -0.361 e. The van der Waals surface area contributed by atoms with Crippen LogP contribution in [0.3, 0.4) is 0 Å². The lowest BCUT2D eigenvalue weighted by Gasteiger charge is -2.32. The van der Waals surface area contributed by atoms with Gasteiger partial charge in [-0.05, 0) is 61.3 Å². The molecule has 1 aliphatic rings. The Balaban J connectivity index is 1.35. The van der Waals surface area contributed by atoms with Gasteiger partial charge in [0, 0.05) is 36.7 Å². The van der Waals surface area contributed by atoms with Crippen molar-refractivity contribution in [3.63, 3.8) is 0 Å². The van der Waals surface area contributed by atoms with Crippen molar-refractivity contribution in [2.24, 2.45) is 5.92 Å². The number of hydrogen-bond donors (Lipinski definition) is 2. The summed E-state index contributed by atoms with van der Waals surface area (Å²) < 4.78 is 26.5. The first-order valence-corrected chi connectivity index (χ1v) is 9.65. The summed E-state index contributed by atoms with van der Waals surface area (Å²) in [4.78, 5) is 22.2. The van der Waals surface area contributed by atoms with Gasteiger partial charge in [-0.25, -0.2) is 13.8 Å². The van der Waals surface area contributed by atoms with Gasteiger partial charge in [0.25, 0.3) is 0 Å². The van der Waals surface area contributed by atoms with Crippen molar-refractivity contribution in [3.8, 4) is 11.3 Å². The molecule has 2 N–H and O–H groups in total. The fourth-order valence-corrected chi connectivity index (χ4v) is 3.67. The highest BCUT2D eigenvalue weighted by molar-refractivity contribution is 5.92. The highest BCUT2D eigenvalue weighted by atomic mass is 19.2. The molecule has 29 heavy (non-hydrogen) atoms. The summed E-state index contributed by atoms with van der Waals surface area (Å²) in [5.41, 5.74) is 2.62. The van der Waals surface area contributed by atoms with Crippen molar-refractivity contribution in [1.29, 1.82) is 0 Å². The number of carbonyl (C=O) groups excluding carboxylic acids is 1. The van der Waals surface area contributed by atoms with Crippen LogP contribution in [0.25, 0.3) is 11.3 Å². The Morgan fingerprint density at radius 3 is 2.83 bits per heavy atom. The summed E-state index contributed by atoms with van der Waals surface area (Å²) in [6, 6.07) is 11.5. The number of piperidine rings is 1. The van der Waals surface area contributed by atoms with E-state index in [1.807, 2.05) is 24.4 Å². The zero-order valence-electron chi connectivity index (χ0n) is 15.9. The molecule has 0 spiro atoms. The van der Waals surface area contributed by atoms with Crippen LogP contribution in [0.1, 0.15) is 18.4 Å². The highest BCUT2D eigenvalue weighted by Crippen LogP contribution is 2.22. The number of amides is 1. The standard InChI is InChI=1S/C22H22F2N4O/c23-18-7-5-15(11-19(18)24)13-28-10-2-3-17(14-28)22(29)27-21-8-6-16(12-26-21)20-4-1-9-25-20/h1,4-9,11-12,17,25H,2-3,10,13-14H2,(H,26,27,29)/t17-/m0/s1. The van der Waals surface area contributed by atoms with Crippen molar-refractivity contribution < 1.29 is 13.6 Å². The zero-order valence-corrected chi connectivity index (χ0v) is 15.9. The Morgan fingerprint density at radius 1 is 1.21 bits per heavy atom. The van der Waals surface area contributed by atoms with Crippen molar-refractivity contribution in [3.05, 3.63) is 72.1 Å². The lowest BCUT2D eigenvalue weighted by Crippen LogP contribution is -2.40. The summed E-state index contributed by atoms with van der Waals surface area (Å²) in [6.07, 6.45) is 5.24. The summed E-state index contributed by atoms with van der Waals surface area (Å²) >= 11 is 0. The van der Waals surface area contributed by atoms with E-state index in [0.717, 1.165) is 36.7 Å². The first kappa shape index (κ1) is 19.3. The predicted octanol–water partition coefficient (Wildman–Crippen LogP) is 4.21. The monoisotopic (exact) mass is 396 g/mol. The number of rotatable bonds is 5. The number of nitrogens with one attached hydrogen (secondary N) is 2. The maximum absolute atomic E-state index is 13.4. The highest BCUT2D eigenvalue weighted by Gasteiger charge is 2.26. The molecule has 5 nitrogen and oxygen atoms in total. The molecule has 150 valence electrons. The normalized spacial score (nSPS) is 17.2. The molecule has 1 amide bonds. The molecule has 0 saturated carbocycles. The molecule has 1 fully saturated rings. The van der Waals surface area contributed by atoms with E-state index in [0.29, 0.717) is 24.5 Å². The quantitative estimate of drug-likeness (QED) is 0.679. The van der Waals surface area contributed by atoms with Gasteiger partial charge in [-0.1, -0.05) is 6.07 Å². The van der Waals surface area contributed by atoms with Crippen molar-refractivity contribution >= 4 is 11.7 Å². The minimum absolute atomic E-state index is 0.0693. The predicted molar refractivity (Wildman–Crippen MR) is 107 cm³/mol. The van der Waals surface area contributed by atoms with E-state index in [2.05, 4.69) is 20.2 Å². The van der Waals surface area contributed by atoms with Crippen molar-refractivity contribution in [1.82, 2.24) is 14.9 Å². The van der Waals surface area contributed by atoms with Gasteiger partial charge >= 0.3 is 0 Å². The molecule has 0 bridgehead atoms. The van der Waals surface area contributed by atoms with Gasteiger partial charge in [0.1, 0.15) is 5.82 Å². The van der Waals surface area contributed by atoms with Gasteiger partial charge < -0.3 is 10.3 Å². The summed E-state index contributed by atoms with van der Waals surface area (Å²) in [7, 11) is 0. The average Bonchev–Trinajstić information content (AvgIpc) is 3.26. The summed E-state index contributed by atoms with van der Waals surface area (Å²) in [6.45, 7) is 1.89. The number of aromatic amines is 1. The molecular formula is C22H22F2N4O. The van der Waals surface area contributed by atoms with Crippen molar-refractivity contribution in [2.45, 2.75) is 19.4 Å². The molecule has 0 radical (unpaired) electrons. The van der Waals surface area contributed by atoms with E-state index in [-0.39, 0.29) is 11.8 Å². The van der Waals surface area contributed by atoms with E-state index < -0.39 is 11.6 Å². The Hall–Kier alpha value is -3.06. The molecule has 3 aromatic rings. The smallest absolute Gasteiger partial charge is 0.229 e. The molecule has 4 rings (SSSR count). The van der Waals surface area contributed by atoms with Gasteiger partial charge in [-0.2, -0.15) is 0 Å². The molecule has 1 aliphatic heterocycles. The van der Waals surface area contributed by atoms with Gasteiger partial charge in [-0.3, -0.25) is 9.69 Å². The molecule has 3 heterocycles. The van der Waals surface area contributed by atoms with Crippen LogP contribution in [0.2, 0.25) is 0 Å². The van der Waals surface area contributed by atoms with Crippen molar-refractivity contribution in [2.75, 3.05) is 18.4 Å². The number of halogens is 2. The number of pyridine rings is 1. The second-order valence-corrected chi connectivity index (χ2v) is 7.33. The molecule has 2 aromatic heterocycles. The lowest BCUT2D eigenvalue weighted by molar-refractivity contribution is -0.121. The largest absolute Gasteiger partial charge is 0.361 e. The number of likely N-dealkylation sites (tertiary alicyclic amines) is 1. The van der Waals surface area contributed by atoms with Crippen LogP contribution >= 0.6 is 0 Å². The van der Waals surface area contributed by atoms with Crippen LogP contribution in [-0.4, -0.2) is 33.9 Å². The maximum atomic E-state index is 13.4. The van der Waals surface area contributed by atoms with Gasteiger partial charge in [0.2, 0.25) is 5.91 Å². The van der Waals surface area contributed by atoms with Crippen LogP contribution in [0.5, 0.6) is 0 Å². The molecule has 0 unspecified atom stereocenters. The summed E-state index contributed by atoms with van der Waals surface area (Å²) in [5, 5.41) is 2.89. The number of anilines is 1. The SMILES string of the molecule is O=C(Nc1ccc(-c2ccc[nH]2)cn1)[C@H]1CCCN(Cc2ccc(F)c(F)c2)C1. The Morgan fingerprint density at radius 2 is 2.10 bits per heavy atom. The van der Waals surface area contributed by atoms with Gasteiger partial charge in [-0.15, -0.1) is 0 Å². The first-order chi connectivity index (χ1) is 14.1. The van der Waals surface area contributed by atoms with Crippen LogP contribution in [-0.2, 0) is 11.3 Å². The third kappa shape index (κ3) is 4.68. The van der Waals surface area contributed by atoms with E-state index >= 15 is 0 Å². The number of benzene rings is 1. The fraction of sp³-hybridized carbons (Fsp3) is 0.273. The maximum Gasteiger partial charge on any atom is 0.229 e. The zero-order chi connectivity index (χ0) is 20.2. The fourth-order valence-electron chi connectivity index (χ4n) is 3.67. The molecule has 0 aliphatic carbocycles. The Kier molecular flexibility index (Phi) is 5.67. The van der Waals surface area contributed by atoms with Crippen LogP contribution in [0, 0.1) is 17.6 Å². The summed E-state index contributed by atoms with van der Waals surface area (Å²) in [5.74, 6) is -1.41. The van der Waals surface area contributed by atoms with Gasteiger partial charge in [0.05, 0.1) is 5.92 Å². The minimum atomic E-state index is -0.848. The topological polar surface area (TPSA) is 61.0 Å². The third-order valence-corrected chi connectivity index (χ3v) is 5.19. The Bertz CT molecular complexity index is 973. The van der Waals surface area contributed by atoms with Gasteiger partial charge in [0.15, 0.2) is 11.6 Å². The molecule has 1 aromatic carbocycles. The third-order valence-electron chi connectivity index (χ3n) is 5.19. The van der Waals surface area contributed by atoms with E-state index in [1.54, 1.807) is 18.3 Å². The van der Waals surface area contributed by atoms with Crippen LogP contribution in [0.4, 0.5) is 14.6 Å². The van der Waals surface area contributed by atoms with Crippen LogP contribution < -0.4 is 5.32 Å². The molecular weight excluding hydrogens is 374 g/mol.